The van der Waals surface area contributed by atoms with Crippen molar-refractivity contribution in [2.24, 2.45) is 11.8 Å². The average molecular weight is 372 g/mol. The summed E-state index contributed by atoms with van der Waals surface area (Å²) in [4.78, 5) is 38.4. The van der Waals surface area contributed by atoms with E-state index in [2.05, 4.69) is 5.32 Å². The summed E-state index contributed by atoms with van der Waals surface area (Å²) in [6.07, 6.45) is 1.94. The van der Waals surface area contributed by atoms with E-state index in [1.807, 2.05) is 4.90 Å². The Bertz CT molecular complexity index is 761. The van der Waals surface area contributed by atoms with Crippen molar-refractivity contribution in [3.63, 3.8) is 0 Å². The predicted molar refractivity (Wildman–Crippen MR) is 97.1 cm³/mol. The maximum absolute atomic E-state index is 12.7. The Morgan fingerprint density at radius 1 is 1.11 bits per heavy atom. The lowest BCUT2D eigenvalue weighted by Gasteiger charge is -2.37. The Kier molecular flexibility index (Phi) is 4.74. The number of carbonyl (C=O) groups is 3. The van der Waals surface area contributed by atoms with Crippen LogP contribution in [0.5, 0.6) is 0 Å². The third-order valence-electron chi connectivity index (χ3n) is 5.63. The first kappa shape index (κ1) is 18.1. The molecule has 2 amide bonds. The first-order valence-electron chi connectivity index (χ1n) is 9.46. The summed E-state index contributed by atoms with van der Waals surface area (Å²) in [5.41, 5.74) is 1.14. The summed E-state index contributed by atoms with van der Waals surface area (Å²) in [7, 11) is 0. The van der Waals surface area contributed by atoms with Crippen LogP contribution in [0.15, 0.2) is 24.3 Å². The van der Waals surface area contributed by atoms with Crippen LogP contribution in [0.4, 0.5) is 5.69 Å². The zero-order chi connectivity index (χ0) is 19.0. The van der Waals surface area contributed by atoms with E-state index in [4.69, 9.17) is 9.47 Å². The number of benzene rings is 1. The minimum Gasteiger partial charge on any atom is -0.347 e. The number of likely N-dealkylation sites (tertiary alicyclic amines) is 1. The molecule has 7 heteroatoms. The van der Waals surface area contributed by atoms with Crippen LogP contribution in [0.25, 0.3) is 0 Å². The van der Waals surface area contributed by atoms with Crippen molar-refractivity contribution >= 4 is 23.3 Å². The van der Waals surface area contributed by atoms with E-state index in [-0.39, 0.29) is 29.4 Å². The Labute approximate surface area is 158 Å². The van der Waals surface area contributed by atoms with Gasteiger partial charge in [-0.15, -0.1) is 0 Å². The zero-order valence-corrected chi connectivity index (χ0v) is 15.4. The van der Waals surface area contributed by atoms with Crippen LogP contribution >= 0.6 is 0 Å². The van der Waals surface area contributed by atoms with E-state index in [1.54, 1.807) is 24.3 Å². The Balaban J connectivity index is 1.30. The molecule has 2 saturated heterocycles. The number of nitrogens with one attached hydrogen (secondary N) is 1. The number of carbonyl (C=O) groups excluding carboxylic acids is 3. The normalized spacial score (nSPS) is 26.0. The third kappa shape index (κ3) is 3.75. The molecule has 1 aromatic carbocycles. The molecule has 0 bridgehead atoms. The van der Waals surface area contributed by atoms with Crippen molar-refractivity contribution in [2.75, 3.05) is 31.6 Å². The Morgan fingerprint density at radius 3 is 2.48 bits per heavy atom. The van der Waals surface area contributed by atoms with E-state index in [1.165, 1.54) is 6.92 Å². The number of amides is 2. The number of piperidine rings is 1. The Morgan fingerprint density at radius 2 is 1.81 bits per heavy atom. The van der Waals surface area contributed by atoms with E-state index in [0.29, 0.717) is 56.8 Å². The minimum absolute atomic E-state index is 0.0421. The highest BCUT2D eigenvalue weighted by atomic mass is 16.7. The number of hydrogen-bond acceptors (Lipinski definition) is 5. The van der Waals surface area contributed by atoms with Crippen molar-refractivity contribution in [1.82, 2.24) is 4.90 Å². The maximum atomic E-state index is 12.7. The van der Waals surface area contributed by atoms with E-state index < -0.39 is 5.79 Å². The lowest BCUT2D eigenvalue weighted by atomic mass is 10.0. The van der Waals surface area contributed by atoms with E-state index in [0.717, 1.165) is 0 Å². The summed E-state index contributed by atoms with van der Waals surface area (Å²) < 4.78 is 11.4. The fourth-order valence-electron chi connectivity index (χ4n) is 3.90. The van der Waals surface area contributed by atoms with Crippen LogP contribution in [-0.2, 0) is 19.1 Å². The highest BCUT2D eigenvalue weighted by molar-refractivity contribution is 6.01. The van der Waals surface area contributed by atoms with Crippen LogP contribution in [0.2, 0.25) is 0 Å². The largest absolute Gasteiger partial charge is 0.347 e. The molecule has 1 aliphatic carbocycles. The van der Waals surface area contributed by atoms with Gasteiger partial charge in [0.25, 0.3) is 0 Å². The van der Waals surface area contributed by atoms with Crippen LogP contribution in [0.1, 0.15) is 36.5 Å². The molecule has 4 rings (SSSR count). The van der Waals surface area contributed by atoms with E-state index >= 15 is 0 Å². The number of rotatable bonds is 4. The van der Waals surface area contributed by atoms with Crippen molar-refractivity contribution in [1.29, 1.82) is 0 Å². The second-order valence-electron chi connectivity index (χ2n) is 7.51. The highest BCUT2D eigenvalue weighted by Crippen LogP contribution is 2.42. The number of anilines is 1. The Hall–Kier alpha value is -2.25. The molecule has 27 heavy (non-hydrogen) atoms. The van der Waals surface area contributed by atoms with Gasteiger partial charge in [-0.1, -0.05) is 12.1 Å². The van der Waals surface area contributed by atoms with Gasteiger partial charge in [0.2, 0.25) is 11.8 Å². The molecular weight excluding hydrogens is 348 g/mol. The quantitative estimate of drug-likeness (QED) is 0.815. The molecule has 1 saturated carbocycles. The molecular formula is C20H24N2O5. The summed E-state index contributed by atoms with van der Waals surface area (Å²) in [5, 5.41) is 2.82. The topological polar surface area (TPSA) is 84.9 Å². The molecule has 1 aromatic rings. The molecule has 2 unspecified atom stereocenters. The number of nitrogens with zero attached hydrogens (tertiary/aromatic N) is 1. The summed E-state index contributed by atoms with van der Waals surface area (Å²) in [6, 6.07) is 6.85. The second kappa shape index (κ2) is 7.05. The summed E-state index contributed by atoms with van der Waals surface area (Å²) in [6.45, 7) is 3.92. The molecule has 3 aliphatic rings. The van der Waals surface area contributed by atoms with Crippen molar-refractivity contribution in [3.05, 3.63) is 29.8 Å². The standard InChI is InChI=1S/C20H24N2O5/c1-13(23)14-3-2-4-15(11-14)21-18(24)16-12-17(16)19(25)22-7-5-20(6-8-22)26-9-10-27-20/h2-4,11,16-17H,5-10,12H2,1H3,(H,21,24). The zero-order valence-electron chi connectivity index (χ0n) is 15.4. The van der Waals surface area contributed by atoms with Gasteiger partial charge in [-0.2, -0.15) is 0 Å². The van der Waals surface area contributed by atoms with Gasteiger partial charge in [0.05, 0.1) is 25.0 Å². The number of ketones is 1. The molecule has 2 aliphatic heterocycles. The summed E-state index contributed by atoms with van der Waals surface area (Å²) >= 11 is 0. The lowest BCUT2D eigenvalue weighted by Crippen LogP contribution is -2.48. The summed E-state index contributed by atoms with van der Waals surface area (Å²) in [5.74, 6) is -1.22. The fourth-order valence-corrected chi connectivity index (χ4v) is 3.90. The lowest BCUT2D eigenvalue weighted by molar-refractivity contribution is -0.187. The molecule has 0 aromatic heterocycles. The van der Waals surface area contributed by atoms with Gasteiger partial charge in [0, 0.05) is 37.2 Å². The molecule has 1 spiro atoms. The van der Waals surface area contributed by atoms with Gasteiger partial charge in [0.1, 0.15) is 0 Å². The van der Waals surface area contributed by atoms with Crippen LogP contribution in [0.3, 0.4) is 0 Å². The van der Waals surface area contributed by atoms with E-state index in [9.17, 15) is 14.4 Å². The first-order valence-corrected chi connectivity index (χ1v) is 9.46. The molecule has 2 atom stereocenters. The van der Waals surface area contributed by atoms with Crippen molar-refractivity contribution < 1.29 is 23.9 Å². The first-order chi connectivity index (χ1) is 13.0. The smallest absolute Gasteiger partial charge is 0.228 e. The molecule has 0 radical (unpaired) electrons. The molecule has 144 valence electrons. The third-order valence-corrected chi connectivity index (χ3v) is 5.63. The fraction of sp³-hybridized carbons (Fsp3) is 0.550. The monoisotopic (exact) mass is 372 g/mol. The molecule has 2 heterocycles. The predicted octanol–water partition coefficient (Wildman–Crippen LogP) is 1.83. The van der Waals surface area contributed by atoms with Crippen molar-refractivity contribution in [2.45, 2.75) is 32.0 Å². The number of hydrogen-bond donors (Lipinski definition) is 1. The molecule has 7 nitrogen and oxygen atoms in total. The minimum atomic E-state index is -0.501. The van der Waals surface area contributed by atoms with Gasteiger partial charge in [-0.25, -0.2) is 0 Å². The SMILES string of the molecule is CC(=O)c1cccc(NC(=O)C2CC2C(=O)N2CCC3(CC2)OCCO3)c1. The number of ether oxygens (including phenoxy) is 2. The van der Waals surface area contributed by atoms with Crippen LogP contribution in [-0.4, -0.2) is 54.6 Å². The second-order valence-corrected chi connectivity index (χ2v) is 7.51. The van der Waals surface area contributed by atoms with Gasteiger partial charge in [-0.3, -0.25) is 14.4 Å². The van der Waals surface area contributed by atoms with Gasteiger partial charge < -0.3 is 19.7 Å². The van der Waals surface area contributed by atoms with Gasteiger partial charge >= 0.3 is 0 Å². The number of Topliss-reactive ketones (excluding diaryl/α,β-unsaturated/α-hetero) is 1. The van der Waals surface area contributed by atoms with Crippen LogP contribution in [0, 0.1) is 11.8 Å². The van der Waals surface area contributed by atoms with Gasteiger partial charge in [0.15, 0.2) is 11.6 Å². The highest BCUT2D eigenvalue weighted by Gasteiger charge is 2.51. The molecule has 1 N–H and O–H groups in total. The van der Waals surface area contributed by atoms with Gasteiger partial charge in [-0.05, 0) is 25.5 Å². The van der Waals surface area contributed by atoms with Crippen LogP contribution < -0.4 is 5.32 Å². The average Bonchev–Trinajstić information content (AvgIpc) is 3.36. The maximum Gasteiger partial charge on any atom is 0.228 e. The molecule has 3 fully saturated rings. The van der Waals surface area contributed by atoms with Crippen molar-refractivity contribution in [3.8, 4) is 0 Å².